The molecular formula is C39H61N7O7S. The standard InChI is InChI=1S/C39H61N7O7S/c1-9-11-19-27(33(47)35(49)41-21-10-2)42-34(48)32-30-26(39(30,6)7)23-46(32)36(50)31(25-17-13-12-14-18-25)44-37(51)43-28(38(3,4)5)24-45(8)54(52,53)29-20-15-16-22-40-29/h10,15-16,20,22,25-28,30-32H,2,9,11-14,17-19,21,23-24H2,1,3-8H3,(H,41,49)(H,42,48)(H2,43,44,51)/t26-,27?,28+,30-,31-,32-/m0/s1. The molecule has 1 aromatic heterocycles. The van der Waals surface area contributed by atoms with Gasteiger partial charge in [-0.2, -0.15) is 4.31 Å². The van der Waals surface area contributed by atoms with Crippen molar-refractivity contribution in [2.45, 2.75) is 122 Å². The van der Waals surface area contributed by atoms with Crippen LogP contribution in [-0.2, 0) is 29.2 Å². The number of likely N-dealkylation sites (N-methyl/N-ethyl adjacent to an activating group) is 1. The molecule has 0 spiro atoms. The number of ketones is 1. The van der Waals surface area contributed by atoms with E-state index in [0.717, 1.165) is 38.5 Å². The molecule has 0 aromatic carbocycles. The Labute approximate surface area is 321 Å². The number of nitrogens with zero attached hydrogens (tertiary/aromatic N) is 3. The quantitative estimate of drug-likeness (QED) is 0.137. The number of piperidine rings is 1. The maximum Gasteiger partial charge on any atom is 0.315 e. The molecule has 3 aliphatic rings. The minimum atomic E-state index is -3.94. The van der Waals surface area contributed by atoms with Gasteiger partial charge in [-0.1, -0.05) is 85.8 Å². The summed E-state index contributed by atoms with van der Waals surface area (Å²) in [7, 11) is -2.50. The molecule has 54 heavy (non-hydrogen) atoms. The Kier molecular flexibility index (Phi) is 14.1. The van der Waals surface area contributed by atoms with Crippen molar-refractivity contribution in [2.75, 3.05) is 26.7 Å². The van der Waals surface area contributed by atoms with Crippen molar-refractivity contribution in [3.8, 4) is 0 Å². The van der Waals surface area contributed by atoms with E-state index >= 15 is 0 Å². The van der Waals surface area contributed by atoms with Crippen molar-refractivity contribution < 1.29 is 32.4 Å². The second-order valence-electron chi connectivity index (χ2n) is 16.8. The molecule has 1 aromatic rings. The zero-order valence-electron chi connectivity index (χ0n) is 33.0. The summed E-state index contributed by atoms with van der Waals surface area (Å²) in [5, 5.41) is 11.2. The number of carbonyl (C=O) groups excluding carboxylic acids is 5. The van der Waals surface area contributed by atoms with Crippen molar-refractivity contribution in [3.05, 3.63) is 37.1 Å². The van der Waals surface area contributed by atoms with Gasteiger partial charge in [0, 0.05) is 38.9 Å². The van der Waals surface area contributed by atoms with E-state index in [1.807, 2.05) is 27.7 Å². The average molecular weight is 772 g/mol. The van der Waals surface area contributed by atoms with Gasteiger partial charge in [0.2, 0.25) is 17.6 Å². The number of pyridine rings is 1. The summed E-state index contributed by atoms with van der Waals surface area (Å²) >= 11 is 0. The van der Waals surface area contributed by atoms with Crippen LogP contribution in [0.4, 0.5) is 4.79 Å². The lowest BCUT2D eigenvalue weighted by Gasteiger charge is -2.38. The molecular weight excluding hydrogens is 711 g/mol. The average Bonchev–Trinajstić information content (AvgIpc) is 3.43. The Morgan fingerprint density at radius 1 is 1.07 bits per heavy atom. The summed E-state index contributed by atoms with van der Waals surface area (Å²) in [6, 6.07) is 0.523. The van der Waals surface area contributed by atoms with Gasteiger partial charge in [-0.05, 0) is 60.0 Å². The molecule has 300 valence electrons. The summed E-state index contributed by atoms with van der Waals surface area (Å²) in [5.41, 5.74) is -0.787. The van der Waals surface area contributed by atoms with Crippen molar-refractivity contribution in [1.82, 2.24) is 35.5 Å². The number of fused-ring (bicyclic) bond motifs is 1. The van der Waals surface area contributed by atoms with E-state index in [4.69, 9.17) is 0 Å². The zero-order chi connectivity index (χ0) is 40.0. The summed E-state index contributed by atoms with van der Waals surface area (Å²) in [6.45, 7) is 15.7. The van der Waals surface area contributed by atoms with Crippen LogP contribution in [0.2, 0.25) is 0 Å². The van der Waals surface area contributed by atoms with Crippen LogP contribution in [0.15, 0.2) is 42.1 Å². The van der Waals surface area contributed by atoms with Gasteiger partial charge in [0.1, 0.15) is 12.1 Å². The molecule has 3 fully saturated rings. The van der Waals surface area contributed by atoms with E-state index in [-0.39, 0.29) is 53.6 Å². The van der Waals surface area contributed by atoms with E-state index in [2.05, 4.69) is 46.7 Å². The first-order valence-electron chi connectivity index (χ1n) is 19.3. The molecule has 2 heterocycles. The largest absolute Gasteiger partial charge is 0.346 e. The summed E-state index contributed by atoms with van der Waals surface area (Å²) in [5.74, 6) is -2.65. The lowest BCUT2D eigenvalue weighted by atomic mass is 9.83. The number of likely N-dealkylation sites (tertiary alicyclic amines) is 1. The van der Waals surface area contributed by atoms with Gasteiger partial charge in [0.25, 0.3) is 15.9 Å². The number of carbonyl (C=O) groups is 5. The van der Waals surface area contributed by atoms with E-state index in [0.29, 0.717) is 13.0 Å². The summed E-state index contributed by atoms with van der Waals surface area (Å²) in [4.78, 5) is 74.2. The molecule has 0 radical (unpaired) electrons. The monoisotopic (exact) mass is 771 g/mol. The molecule has 1 aliphatic heterocycles. The number of aromatic nitrogens is 1. The van der Waals surface area contributed by atoms with Crippen LogP contribution in [0.5, 0.6) is 0 Å². The second-order valence-corrected chi connectivity index (χ2v) is 18.8. The van der Waals surface area contributed by atoms with E-state index in [1.54, 1.807) is 17.0 Å². The van der Waals surface area contributed by atoms with Crippen molar-refractivity contribution >= 4 is 39.6 Å². The Balaban J connectivity index is 1.56. The van der Waals surface area contributed by atoms with Gasteiger partial charge in [0.05, 0.1) is 6.04 Å². The van der Waals surface area contributed by atoms with Crippen LogP contribution in [0.25, 0.3) is 0 Å². The molecule has 1 saturated heterocycles. The van der Waals surface area contributed by atoms with Crippen LogP contribution in [0, 0.1) is 28.6 Å². The topological polar surface area (TPSA) is 187 Å². The van der Waals surface area contributed by atoms with Gasteiger partial charge >= 0.3 is 6.03 Å². The van der Waals surface area contributed by atoms with Crippen molar-refractivity contribution in [2.24, 2.45) is 28.6 Å². The molecule has 15 heteroatoms. The van der Waals surface area contributed by atoms with Crippen LogP contribution in [0.3, 0.4) is 0 Å². The van der Waals surface area contributed by atoms with Crippen LogP contribution in [-0.4, -0.2) is 103 Å². The lowest BCUT2D eigenvalue weighted by molar-refractivity contribution is -0.144. The summed E-state index contributed by atoms with van der Waals surface area (Å²) in [6.07, 6.45) is 8.78. The van der Waals surface area contributed by atoms with E-state index in [1.165, 1.54) is 29.7 Å². The minimum absolute atomic E-state index is 0.0474. The number of sulfonamides is 1. The first-order valence-corrected chi connectivity index (χ1v) is 20.8. The molecule has 6 atom stereocenters. The molecule has 4 N–H and O–H groups in total. The van der Waals surface area contributed by atoms with E-state index < -0.39 is 63.2 Å². The molecule has 0 bridgehead atoms. The van der Waals surface area contributed by atoms with Gasteiger partial charge in [-0.25, -0.2) is 18.2 Å². The maximum atomic E-state index is 14.7. The predicted molar refractivity (Wildman–Crippen MR) is 205 cm³/mol. The van der Waals surface area contributed by atoms with Gasteiger partial charge in [0.15, 0.2) is 5.03 Å². The third-order valence-corrected chi connectivity index (χ3v) is 13.4. The van der Waals surface area contributed by atoms with Gasteiger partial charge in [-0.3, -0.25) is 19.2 Å². The fourth-order valence-corrected chi connectivity index (χ4v) is 9.19. The highest BCUT2D eigenvalue weighted by molar-refractivity contribution is 7.89. The molecule has 4 rings (SSSR count). The third-order valence-electron chi connectivity index (χ3n) is 11.6. The number of hydrogen-bond donors (Lipinski definition) is 4. The number of Topliss-reactive ketones (excluding diaryl/α,β-unsaturated/α-hetero) is 1. The number of rotatable bonds is 17. The normalized spacial score (nSPS) is 22.7. The number of amides is 5. The van der Waals surface area contributed by atoms with Crippen LogP contribution >= 0.6 is 0 Å². The lowest BCUT2D eigenvalue weighted by Crippen LogP contribution is -2.61. The number of hydrogen-bond acceptors (Lipinski definition) is 8. The smallest absolute Gasteiger partial charge is 0.315 e. The summed E-state index contributed by atoms with van der Waals surface area (Å²) < 4.78 is 27.8. The first kappa shape index (κ1) is 42.9. The molecule has 1 unspecified atom stereocenters. The molecule has 2 saturated carbocycles. The van der Waals surface area contributed by atoms with Crippen molar-refractivity contribution in [3.63, 3.8) is 0 Å². The number of urea groups is 1. The second kappa shape index (κ2) is 17.7. The maximum absolute atomic E-state index is 14.7. The number of unbranched alkanes of at least 4 members (excludes halogenated alkanes) is 1. The van der Waals surface area contributed by atoms with Crippen molar-refractivity contribution in [1.29, 1.82) is 0 Å². The molecule has 5 amide bonds. The van der Waals surface area contributed by atoms with Crippen LogP contribution < -0.4 is 21.3 Å². The fraction of sp³-hybridized carbons (Fsp3) is 0.692. The first-order chi connectivity index (χ1) is 25.4. The Morgan fingerprint density at radius 2 is 1.76 bits per heavy atom. The third kappa shape index (κ3) is 9.87. The predicted octanol–water partition coefficient (Wildman–Crippen LogP) is 3.39. The highest BCUT2D eigenvalue weighted by Crippen LogP contribution is 2.65. The highest BCUT2D eigenvalue weighted by Gasteiger charge is 2.69. The molecule has 14 nitrogen and oxygen atoms in total. The Bertz CT molecular complexity index is 1640. The Morgan fingerprint density at radius 3 is 2.35 bits per heavy atom. The molecule has 2 aliphatic carbocycles. The minimum Gasteiger partial charge on any atom is -0.346 e. The fourth-order valence-electron chi connectivity index (χ4n) is 8.08. The SMILES string of the molecule is C=CCNC(=O)C(=O)C(CCCC)NC(=O)[C@@H]1[C@@H]2[C@H](CN1C(=O)[C@@H](NC(=O)N[C@H](CN(C)S(=O)(=O)c1ccccn1)C(C)(C)C)C1CCCCC1)C2(C)C. The Hall–Kier alpha value is -3.85. The van der Waals surface area contributed by atoms with Gasteiger partial charge in [-0.15, -0.1) is 6.58 Å². The highest BCUT2D eigenvalue weighted by atomic mass is 32.2. The van der Waals surface area contributed by atoms with E-state index in [9.17, 15) is 32.4 Å². The number of nitrogens with one attached hydrogen (secondary N) is 4. The van der Waals surface area contributed by atoms with Crippen LogP contribution in [0.1, 0.15) is 92.9 Å². The van der Waals surface area contributed by atoms with Gasteiger partial charge < -0.3 is 26.2 Å². The zero-order valence-corrected chi connectivity index (χ0v) is 33.8.